The first-order chi connectivity index (χ1) is 11.1. The molecule has 5 nitrogen and oxygen atoms in total. The molecule has 1 atom stereocenters. The van der Waals surface area contributed by atoms with E-state index < -0.39 is 0 Å². The Morgan fingerprint density at radius 3 is 2.70 bits per heavy atom. The summed E-state index contributed by atoms with van der Waals surface area (Å²) in [6.45, 7) is 9.43. The maximum absolute atomic E-state index is 12.4. The molecule has 5 heteroatoms. The van der Waals surface area contributed by atoms with Crippen molar-refractivity contribution >= 4 is 11.7 Å². The summed E-state index contributed by atoms with van der Waals surface area (Å²) < 4.78 is 5.70. The molecule has 2 aliphatic heterocycles. The van der Waals surface area contributed by atoms with Gasteiger partial charge in [-0.05, 0) is 38.3 Å². The summed E-state index contributed by atoms with van der Waals surface area (Å²) in [5.41, 5.74) is 3.22. The molecule has 0 bridgehead atoms. The number of anilines is 1. The number of nitrogens with zero attached hydrogens (tertiary/aromatic N) is 2. The number of amides is 2. The Hall–Kier alpha value is -1.59. The minimum atomic E-state index is 0.00807. The summed E-state index contributed by atoms with van der Waals surface area (Å²) in [5, 5.41) is 3.04. The average Bonchev–Trinajstić information content (AvgIpc) is 3.04. The lowest BCUT2D eigenvalue weighted by Gasteiger charge is -2.35. The highest BCUT2D eigenvalue weighted by molar-refractivity contribution is 5.90. The average molecular weight is 317 g/mol. The molecule has 2 fully saturated rings. The molecule has 0 aromatic heterocycles. The van der Waals surface area contributed by atoms with Crippen molar-refractivity contribution in [3.05, 3.63) is 29.3 Å². The Morgan fingerprint density at radius 2 is 2.04 bits per heavy atom. The van der Waals surface area contributed by atoms with Gasteiger partial charge < -0.3 is 15.0 Å². The zero-order chi connectivity index (χ0) is 16.2. The highest BCUT2D eigenvalue weighted by atomic mass is 16.5. The van der Waals surface area contributed by atoms with E-state index in [4.69, 9.17) is 4.74 Å². The molecule has 1 unspecified atom stereocenters. The molecule has 2 heterocycles. The number of rotatable bonds is 3. The summed E-state index contributed by atoms with van der Waals surface area (Å²) in [6, 6.07) is 6.11. The van der Waals surface area contributed by atoms with Gasteiger partial charge >= 0.3 is 6.03 Å². The van der Waals surface area contributed by atoms with E-state index in [1.54, 1.807) is 0 Å². The largest absolute Gasteiger partial charge is 0.377 e. The second-order valence-electron chi connectivity index (χ2n) is 6.67. The maximum atomic E-state index is 12.4. The van der Waals surface area contributed by atoms with E-state index in [-0.39, 0.29) is 6.03 Å². The molecule has 1 aromatic rings. The lowest BCUT2D eigenvalue weighted by atomic mass is 10.1. The molecule has 0 radical (unpaired) electrons. The predicted molar refractivity (Wildman–Crippen MR) is 91.9 cm³/mol. The van der Waals surface area contributed by atoms with Crippen LogP contribution in [0.1, 0.15) is 24.0 Å². The second kappa shape index (κ2) is 7.32. The number of ether oxygens (including phenoxy) is 1. The molecule has 1 aromatic carbocycles. The van der Waals surface area contributed by atoms with E-state index in [2.05, 4.69) is 23.2 Å². The molecular formula is C18H27N3O2. The quantitative estimate of drug-likeness (QED) is 0.932. The predicted octanol–water partition coefficient (Wildman–Crippen LogP) is 2.63. The van der Waals surface area contributed by atoms with E-state index in [0.29, 0.717) is 6.10 Å². The Balaban J connectivity index is 1.47. The molecule has 0 aliphatic carbocycles. The Morgan fingerprint density at radius 1 is 1.26 bits per heavy atom. The van der Waals surface area contributed by atoms with Crippen LogP contribution in [-0.4, -0.2) is 61.3 Å². The molecule has 0 saturated carbocycles. The SMILES string of the molecule is Cc1ccc(NC(=O)N2CCN(CC3CCCO3)CC2)c(C)c1. The van der Waals surface area contributed by atoms with Crippen LogP contribution in [0, 0.1) is 13.8 Å². The van der Waals surface area contributed by atoms with Gasteiger partial charge in [0.15, 0.2) is 0 Å². The standard InChI is InChI=1S/C18H27N3O2/c1-14-5-6-17(15(2)12-14)19-18(22)21-9-7-20(8-10-21)13-16-4-3-11-23-16/h5-6,12,16H,3-4,7-11,13H2,1-2H3,(H,19,22). The number of carbonyl (C=O) groups excluding carboxylic acids is 1. The van der Waals surface area contributed by atoms with Crippen LogP contribution in [0.15, 0.2) is 18.2 Å². The number of nitrogens with one attached hydrogen (secondary N) is 1. The van der Waals surface area contributed by atoms with Crippen LogP contribution in [0.3, 0.4) is 0 Å². The molecule has 3 rings (SSSR count). The zero-order valence-electron chi connectivity index (χ0n) is 14.2. The third-order valence-corrected chi connectivity index (χ3v) is 4.77. The minimum absolute atomic E-state index is 0.00807. The monoisotopic (exact) mass is 317 g/mol. The molecule has 2 saturated heterocycles. The Kier molecular flexibility index (Phi) is 5.18. The fourth-order valence-corrected chi connectivity index (χ4v) is 3.36. The van der Waals surface area contributed by atoms with Gasteiger partial charge in [0.1, 0.15) is 0 Å². The second-order valence-corrected chi connectivity index (χ2v) is 6.67. The van der Waals surface area contributed by atoms with Gasteiger partial charge in [0.25, 0.3) is 0 Å². The first kappa shape index (κ1) is 16.3. The Labute approximate surface area is 138 Å². The third kappa shape index (κ3) is 4.24. The van der Waals surface area contributed by atoms with Crippen molar-refractivity contribution in [2.24, 2.45) is 0 Å². The van der Waals surface area contributed by atoms with Crippen molar-refractivity contribution in [2.75, 3.05) is 44.6 Å². The molecule has 23 heavy (non-hydrogen) atoms. The van der Waals surface area contributed by atoms with Crippen LogP contribution in [0.4, 0.5) is 10.5 Å². The molecule has 0 spiro atoms. The van der Waals surface area contributed by atoms with Crippen molar-refractivity contribution in [2.45, 2.75) is 32.8 Å². The van der Waals surface area contributed by atoms with Crippen LogP contribution in [0.25, 0.3) is 0 Å². The van der Waals surface area contributed by atoms with Crippen LogP contribution in [0.2, 0.25) is 0 Å². The zero-order valence-corrected chi connectivity index (χ0v) is 14.2. The van der Waals surface area contributed by atoms with Crippen molar-refractivity contribution in [3.8, 4) is 0 Å². The number of piperazine rings is 1. The summed E-state index contributed by atoms with van der Waals surface area (Å²) in [5.74, 6) is 0. The van der Waals surface area contributed by atoms with E-state index in [1.165, 1.54) is 18.4 Å². The normalized spacial score (nSPS) is 22.3. The molecular weight excluding hydrogens is 290 g/mol. The third-order valence-electron chi connectivity index (χ3n) is 4.77. The van der Waals surface area contributed by atoms with Crippen molar-refractivity contribution < 1.29 is 9.53 Å². The summed E-state index contributed by atoms with van der Waals surface area (Å²) in [7, 11) is 0. The fourth-order valence-electron chi connectivity index (χ4n) is 3.36. The van der Waals surface area contributed by atoms with Crippen molar-refractivity contribution in [3.63, 3.8) is 0 Å². The number of carbonyl (C=O) groups is 1. The number of hydrogen-bond acceptors (Lipinski definition) is 3. The Bertz CT molecular complexity index is 547. The van der Waals surface area contributed by atoms with Gasteiger partial charge in [-0.3, -0.25) is 4.90 Å². The van der Waals surface area contributed by atoms with Crippen LogP contribution < -0.4 is 5.32 Å². The van der Waals surface area contributed by atoms with Crippen LogP contribution in [-0.2, 0) is 4.74 Å². The summed E-state index contributed by atoms with van der Waals surface area (Å²) in [4.78, 5) is 16.7. The number of aryl methyl sites for hydroxylation is 2. The summed E-state index contributed by atoms with van der Waals surface area (Å²) >= 11 is 0. The molecule has 2 amide bonds. The van der Waals surface area contributed by atoms with E-state index in [0.717, 1.165) is 50.6 Å². The van der Waals surface area contributed by atoms with Crippen LogP contribution in [0.5, 0.6) is 0 Å². The van der Waals surface area contributed by atoms with Gasteiger partial charge in [0, 0.05) is 45.0 Å². The number of urea groups is 1. The summed E-state index contributed by atoms with van der Waals surface area (Å²) in [6.07, 6.45) is 2.75. The molecule has 126 valence electrons. The minimum Gasteiger partial charge on any atom is -0.377 e. The lowest BCUT2D eigenvalue weighted by Crippen LogP contribution is -2.51. The smallest absolute Gasteiger partial charge is 0.321 e. The molecule has 1 N–H and O–H groups in total. The molecule has 2 aliphatic rings. The van der Waals surface area contributed by atoms with E-state index in [9.17, 15) is 4.79 Å². The highest BCUT2D eigenvalue weighted by Crippen LogP contribution is 2.18. The highest BCUT2D eigenvalue weighted by Gasteiger charge is 2.25. The van der Waals surface area contributed by atoms with E-state index >= 15 is 0 Å². The first-order valence-electron chi connectivity index (χ1n) is 8.59. The van der Waals surface area contributed by atoms with Gasteiger partial charge in [-0.15, -0.1) is 0 Å². The van der Waals surface area contributed by atoms with Gasteiger partial charge in [-0.2, -0.15) is 0 Å². The topological polar surface area (TPSA) is 44.8 Å². The lowest BCUT2D eigenvalue weighted by molar-refractivity contribution is 0.0572. The first-order valence-corrected chi connectivity index (χ1v) is 8.59. The van der Waals surface area contributed by atoms with Crippen molar-refractivity contribution in [1.82, 2.24) is 9.80 Å². The van der Waals surface area contributed by atoms with Gasteiger partial charge in [0.05, 0.1) is 6.10 Å². The van der Waals surface area contributed by atoms with Crippen molar-refractivity contribution in [1.29, 1.82) is 0 Å². The number of hydrogen-bond donors (Lipinski definition) is 1. The van der Waals surface area contributed by atoms with Crippen LogP contribution >= 0.6 is 0 Å². The fraction of sp³-hybridized carbons (Fsp3) is 0.611. The van der Waals surface area contributed by atoms with Gasteiger partial charge in [-0.25, -0.2) is 4.79 Å². The maximum Gasteiger partial charge on any atom is 0.321 e. The van der Waals surface area contributed by atoms with Gasteiger partial charge in [-0.1, -0.05) is 17.7 Å². The number of benzene rings is 1. The van der Waals surface area contributed by atoms with Gasteiger partial charge in [0.2, 0.25) is 0 Å². The van der Waals surface area contributed by atoms with E-state index in [1.807, 2.05) is 24.0 Å².